The molecule has 1 unspecified atom stereocenters. The van der Waals surface area contributed by atoms with Crippen LogP contribution in [-0.4, -0.2) is 6.04 Å². The normalized spacial score (nSPS) is 12.8. The van der Waals surface area contributed by atoms with Crippen molar-refractivity contribution in [2.24, 2.45) is 5.73 Å². The SMILES string of the molecule is CC(N)Cc1ccc2oc#cc2c1. The van der Waals surface area contributed by atoms with Gasteiger partial charge in [0.05, 0.1) is 5.39 Å². The number of hydrogen-bond donors (Lipinski definition) is 1. The van der Waals surface area contributed by atoms with Gasteiger partial charge in [-0.1, -0.05) is 6.07 Å². The number of nitrogens with two attached hydrogens (primary N) is 1. The van der Waals surface area contributed by atoms with Gasteiger partial charge in [0.15, 0.2) is 5.58 Å². The fraction of sp³-hybridized carbons (Fsp3) is 0.273. The smallest absolute Gasteiger partial charge is 0.155 e. The van der Waals surface area contributed by atoms with Gasteiger partial charge in [-0.25, -0.2) is 0 Å². The lowest BCUT2D eigenvalue weighted by Gasteiger charge is -2.03. The summed E-state index contributed by atoms with van der Waals surface area (Å²) < 4.78 is 5.07. The van der Waals surface area contributed by atoms with Crippen LogP contribution in [-0.2, 0) is 6.42 Å². The third-order valence-electron chi connectivity index (χ3n) is 1.95. The van der Waals surface area contributed by atoms with E-state index in [-0.39, 0.29) is 6.04 Å². The monoisotopic (exact) mass is 173 g/mol. The zero-order chi connectivity index (χ0) is 9.26. The Kier molecular flexibility index (Phi) is 1.96. The molecule has 2 rings (SSSR count). The van der Waals surface area contributed by atoms with Crippen molar-refractivity contribution >= 4 is 11.0 Å². The van der Waals surface area contributed by atoms with Crippen LogP contribution in [0.1, 0.15) is 12.5 Å². The first-order valence-electron chi connectivity index (χ1n) is 4.32. The lowest BCUT2D eigenvalue weighted by Crippen LogP contribution is -2.17. The second kappa shape index (κ2) is 3.12. The number of hydrogen-bond acceptors (Lipinski definition) is 2. The Hall–Kier alpha value is -1.46. The van der Waals surface area contributed by atoms with Gasteiger partial charge in [-0.2, -0.15) is 0 Å². The summed E-state index contributed by atoms with van der Waals surface area (Å²) in [6.45, 7) is 2.00. The van der Waals surface area contributed by atoms with Crippen molar-refractivity contribution < 1.29 is 4.42 Å². The largest absolute Gasteiger partial charge is 0.406 e. The van der Waals surface area contributed by atoms with E-state index in [9.17, 15) is 0 Å². The van der Waals surface area contributed by atoms with Gasteiger partial charge in [0, 0.05) is 6.04 Å². The highest BCUT2D eigenvalue weighted by Gasteiger charge is 2.00. The lowest BCUT2D eigenvalue weighted by molar-refractivity contribution is 0.615. The Labute approximate surface area is 77.3 Å². The molecule has 2 nitrogen and oxygen atoms in total. The molecule has 2 aromatic rings. The van der Waals surface area contributed by atoms with Crippen molar-refractivity contribution in [2.45, 2.75) is 19.4 Å². The van der Waals surface area contributed by atoms with Crippen molar-refractivity contribution in [3.05, 3.63) is 36.1 Å². The molecule has 1 atom stereocenters. The van der Waals surface area contributed by atoms with E-state index in [2.05, 4.69) is 12.3 Å². The summed E-state index contributed by atoms with van der Waals surface area (Å²) in [4.78, 5) is 0. The van der Waals surface area contributed by atoms with Crippen LogP contribution in [0.5, 0.6) is 0 Å². The Balaban J connectivity index is 2.37. The fourth-order valence-electron chi connectivity index (χ4n) is 1.40. The Morgan fingerprint density at radius 3 is 3.15 bits per heavy atom. The molecule has 2 N–H and O–H groups in total. The van der Waals surface area contributed by atoms with E-state index >= 15 is 0 Å². The van der Waals surface area contributed by atoms with Crippen molar-refractivity contribution in [3.63, 3.8) is 0 Å². The molecule has 0 spiro atoms. The lowest BCUT2D eigenvalue weighted by atomic mass is 10.1. The molecule has 0 radical (unpaired) electrons. The maximum atomic E-state index is 5.70. The fourth-order valence-corrected chi connectivity index (χ4v) is 1.40. The van der Waals surface area contributed by atoms with Crippen molar-refractivity contribution in [2.75, 3.05) is 0 Å². The van der Waals surface area contributed by atoms with Crippen LogP contribution in [0.2, 0.25) is 0 Å². The standard InChI is InChI=1S/C11H11NO/c1-8(12)6-9-2-3-11-10(7-9)4-5-13-11/h2-3,7-8H,6,12H2,1H3. The molecule has 0 amide bonds. The molecule has 0 aliphatic rings. The summed E-state index contributed by atoms with van der Waals surface area (Å²) in [6, 6.07) is 9.08. The summed E-state index contributed by atoms with van der Waals surface area (Å²) >= 11 is 0. The van der Waals surface area contributed by atoms with Crippen LogP contribution < -0.4 is 5.73 Å². The van der Waals surface area contributed by atoms with Crippen LogP contribution in [0, 0.1) is 12.3 Å². The summed E-state index contributed by atoms with van der Waals surface area (Å²) in [7, 11) is 0. The molecule has 2 heteroatoms. The molecule has 1 aromatic carbocycles. The molecule has 1 aromatic heterocycles. The number of rotatable bonds is 2. The van der Waals surface area contributed by atoms with Crippen molar-refractivity contribution in [1.82, 2.24) is 0 Å². The minimum absolute atomic E-state index is 0.188. The Morgan fingerprint density at radius 2 is 2.38 bits per heavy atom. The summed E-state index contributed by atoms with van der Waals surface area (Å²) in [5.41, 5.74) is 7.75. The predicted octanol–water partition coefficient (Wildman–Crippen LogP) is 1.92. The number of fused-ring (bicyclic) bond motifs is 1. The van der Waals surface area contributed by atoms with E-state index in [1.807, 2.05) is 25.1 Å². The van der Waals surface area contributed by atoms with Crippen LogP contribution >= 0.6 is 0 Å². The second-order valence-electron chi connectivity index (χ2n) is 3.34. The van der Waals surface area contributed by atoms with Gasteiger partial charge in [-0.05, 0) is 37.1 Å². The zero-order valence-electron chi connectivity index (χ0n) is 7.50. The third kappa shape index (κ3) is 1.66. The van der Waals surface area contributed by atoms with Gasteiger partial charge in [-0.15, -0.1) is 0 Å². The average Bonchev–Trinajstić information content (AvgIpc) is 2.49. The van der Waals surface area contributed by atoms with E-state index in [1.54, 1.807) is 0 Å². The first kappa shape index (κ1) is 8.15. The van der Waals surface area contributed by atoms with Gasteiger partial charge in [0.2, 0.25) is 0 Å². The molecular weight excluding hydrogens is 162 g/mol. The highest BCUT2D eigenvalue weighted by atomic mass is 16.3. The van der Waals surface area contributed by atoms with Gasteiger partial charge >= 0.3 is 0 Å². The molecule has 0 bridgehead atoms. The summed E-state index contributed by atoms with van der Waals surface area (Å²) in [6.07, 6.45) is 3.47. The van der Waals surface area contributed by atoms with Crippen LogP contribution in [0.4, 0.5) is 0 Å². The predicted molar refractivity (Wildman–Crippen MR) is 51.2 cm³/mol. The molecule has 13 heavy (non-hydrogen) atoms. The molecule has 1 heterocycles. The highest BCUT2D eigenvalue weighted by molar-refractivity contribution is 5.75. The molecule has 0 saturated carbocycles. The van der Waals surface area contributed by atoms with Gasteiger partial charge < -0.3 is 10.2 Å². The van der Waals surface area contributed by atoms with Crippen LogP contribution in [0.25, 0.3) is 11.0 Å². The van der Waals surface area contributed by atoms with Gasteiger partial charge in [-0.3, -0.25) is 0 Å². The summed E-state index contributed by atoms with van der Waals surface area (Å²) in [5, 5.41) is 0.971. The Bertz CT molecular complexity index is 403. The zero-order valence-corrected chi connectivity index (χ0v) is 7.50. The van der Waals surface area contributed by atoms with Crippen LogP contribution in [0.3, 0.4) is 0 Å². The quantitative estimate of drug-likeness (QED) is 0.753. The minimum atomic E-state index is 0.188. The molecule has 0 saturated heterocycles. The topological polar surface area (TPSA) is 39.2 Å². The average molecular weight is 173 g/mol. The van der Waals surface area contributed by atoms with E-state index < -0.39 is 0 Å². The minimum Gasteiger partial charge on any atom is -0.406 e. The Morgan fingerprint density at radius 1 is 1.54 bits per heavy atom. The highest BCUT2D eigenvalue weighted by Crippen LogP contribution is 2.14. The van der Waals surface area contributed by atoms with E-state index in [1.165, 1.54) is 5.56 Å². The third-order valence-corrected chi connectivity index (χ3v) is 1.95. The van der Waals surface area contributed by atoms with E-state index in [0.717, 1.165) is 17.4 Å². The first-order valence-corrected chi connectivity index (χ1v) is 4.32. The van der Waals surface area contributed by atoms with Crippen molar-refractivity contribution in [1.29, 1.82) is 0 Å². The molecule has 0 aliphatic heterocycles. The first-order chi connectivity index (χ1) is 6.25. The van der Waals surface area contributed by atoms with E-state index in [4.69, 9.17) is 10.2 Å². The maximum Gasteiger partial charge on any atom is 0.155 e. The van der Waals surface area contributed by atoms with Crippen molar-refractivity contribution in [3.8, 4) is 0 Å². The molecular formula is C11H11NO. The van der Waals surface area contributed by atoms with E-state index in [0.29, 0.717) is 0 Å². The summed E-state index contributed by atoms with van der Waals surface area (Å²) in [5.74, 6) is 0. The van der Waals surface area contributed by atoms with Gasteiger partial charge in [0.1, 0.15) is 6.26 Å². The number of benzene rings is 1. The maximum absolute atomic E-state index is 5.70. The molecule has 0 aliphatic carbocycles. The second-order valence-corrected chi connectivity index (χ2v) is 3.34. The van der Waals surface area contributed by atoms with Crippen LogP contribution in [0.15, 0.2) is 22.6 Å². The van der Waals surface area contributed by atoms with Gasteiger partial charge in [0.25, 0.3) is 0 Å². The molecule has 66 valence electrons. The molecule has 0 fully saturated rings.